The van der Waals surface area contributed by atoms with Crippen molar-refractivity contribution in [3.05, 3.63) is 53.6 Å². The van der Waals surface area contributed by atoms with E-state index in [4.69, 9.17) is 4.74 Å². The lowest BCUT2D eigenvalue weighted by atomic mass is 9.98. The topological polar surface area (TPSA) is 21.3 Å². The molecule has 0 heterocycles. The number of benzene rings is 2. The van der Waals surface area contributed by atoms with Crippen LogP contribution in [0.5, 0.6) is 5.75 Å². The van der Waals surface area contributed by atoms with Crippen LogP contribution in [0.4, 0.5) is 8.78 Å². The quantitative estimate of drug-likeness (QED) is 0.808. The molecule has 0 aliphatic rings. The maximum absolute atomic E-state index is 14.0. The zero-order valence-electron chi connectivity index (χ0n) is 12.2. The monoisotopic (exact) mass is 291 g/mol. The normalized spacial score (nSPS) is 10.7. The van der Waals surface area contributed by atoms with Crippen LogP contribution in [-0.2, 0) is 6.54 Å². The summed E-state index contributed by atoms with van der Waals surface area (Å²) < 4.78 is 32.3. The number of hydrogen-bond donors (Lipinski definition) is 1. The molecule has 4 heteroatoms. The van der Waals surface area contributed by atoms with Crippen molar-refractivity contribution < 1.29 is 13.5 Å². The summed E-state index contributed by atoms with van der Waals surface area (Å²) in [5.41, 5.74) is 2.07. The Bertz CT molecular complexity index is 614. The van der Waals surface area contributed by atoms with Crippen molar-refractivity contribution in [1.82, 2.24) is 5.32 Å². The van der Waals surface area contributed by atoms with E-state index >= 15 is 0 Å². The number of halogens is 2. The van der Waals surface area contributed by atoms with Crippen LogP contribution in [0, 0.1) is 11.6 Å². The number of rotatable bonds is 6. The largest absolute Gasteiger partial charge is 0.497 e. The molecule has 0 aliphatic carbocycles. The third-order valence-electron chi connectivity index (χ3n) is 3.28. The second-order valence-electron chi connectivity index (χ2n) is 4.82. The highest BCUT2D eigenvalue weighted by atomic mass is 19.1. The van der Waals surface area contributed by atoms with Gasteiger partial charge in [0.05, 0.1) is 7.11 Å². The summed E-state index contributed by atoms with van der Waals surface area (Å²) >= 11 is 0. The summed E-state index contributed by atoms with van der Waals surface area (Å²) in [7, 11) is 1.59. The first kappa shape index (κ1) is 15.4. The van der Waals surface area contributed by atoms with E-state index in [1.54, 1.807) is 19.2 Å². The molecule has 2 aromatic carbocycles. The summed E-state index contributed by atoms with van der Waals surface area (Å²) in [6.45, 7) is 3.57. The first-order chi connectivity index (χ1) is 10.2. The molecule has 0 amide bonds. The highest BCUT2D eigenvalue weighted by Gasteiger charge is 2.11. The zero-order valence-corrected chi connectivity index (χ0v) is 12.2. The van der Waals surface area contributed by atoms with Crippen LogP contribution in [0.1, 0.15) is 18.9 Å². The highest BCUT2D eigenvalue weighted by molar-refractivity contribution is 5.69. The minimum Gasteiger partial charge on any atom is -0.497 e. The summed E-state index contributed by atoms with van der Waals surface area (Å²) in [6.07, 6.45) is 1.02. The summed E-state index contributed by atoms with van der Waals surface area (Å²) in [6, 6.07) is 9.10. The number of nitrogens with one attached hydrogen (secondary N) is 1. The average molecular weight is 291 g/mol. The molecule has 0 radical (unpaired) electrons. The summed E-state index contributed by atoms with van der Waals surface area (Å²) in [4.78, 5) is 0. The zero-order chi connectivity index (χ0) is 15.2. The van der Waals surface area contributed by atoms with E-state index in [0.29, 0.717) is 12.1 Å². The lowest BCUT2D eigenvalue weighted by molar-refractivity contribution is 0.414. The Morgan fingerprint density at radius 3 is 2.48 bits per heavy atom. The van der Waals surface area contributed by atoms with Crippen LogP contribution in [0.2, 0.25) is 0 Å². The Morgan fingerprint density at radius 2 is 1.81 bits per heavy atom. The van der Waals surface area contributed by atoms with Crippen LogP contribution in [-0.4, -0.2) is 13.7 Å². The van der Waals surface area contributed by atoms with Crippen molar-refractivity contribution in [3.63, 3.8) is 0 Å². The van der Waals surface area contributed by atoms with Gasteiger partial charge in [-0.3, -0.25) is 0 Å². The Labute approximate surface area is 123 Å². The minimum atomic E-state index is -0.574. The fourth-order valence-corrected chi connectivity index (χ4v) is 2.21. The highest BCUT2D eigenvalue weighted by Crippen LogP contribution is 2.29. The third-order valence-corrected chi connectivity index (χ3v) is 3.28. The van der Waals surface area contributed by atoms with Gasteiger partial charge in [-0.1, -0.05) is 13.0 Å². The van der Waals surface area contributed by atoms with Crippen molar-refractivity contribution in [1.29, 1.82) is 0 Å². The molecule has 2 nitrogen and oxygen atoms in total. The van der Waals surface area contributed by atoms with Crippen LogP contribution in [0.3, 0.4) is 0 Å². The molecule has 0 saturated heterocycles. The third kappa shape index (κ3) is 3.79. The second kappa shape index (κ2) is 7.18. The Balaban J connectivity index is 2.40. The first-order valence-corrected chi connectivity index (χ1v) is 6.98. The van der Waals surface area contributed by atoms with E-state index in [9.17, 15) is 8.78 Å². The van der Waals surface area contributed by atoms with Crippen LogP contribution >= 0.6 is 0 Å². The molecular weight excluding hydrogens is 272 g/mol. The fourth-order valence-electron chi connectivity index (χ4n) is 2.21. The van der Waals surface area contributed by atoms with Crippen LogP contribution in [0.15, 0.2) is 36.4 Å². The molecule has 0 aromatic heterocycles. The smallest absolute Gasteiger partial charge is 0.133 e. The molecule has 0 spiro atoms. The molecule has 1 N–H and O–H groups in total. The van der Waals surface area contributed by atoms with Gasteiger partial charge in [-0.15, -0.1) is 0 Å². The van der Waals surface area contributed by atoms with Gasteiger partial charge >= 0.3 is 0 Å². The van der Waals surface area contributed by atoms with Crippen molar-refractivity contribution in [2.75, 3.05) is 13.7 Å². The predicted octanol–water partition coefficient (Wildman–Crippen LogP) is 4.14. The van der Waals surface area contributed by atoms with E-state index in [1.807, 2.05) is 6.07 Å². The second-order valence-corrected chi connectivity index (χ2v) is 4.82. The SMILES string of the molecule is CCCNCc1cc(OC)ccc1-c1ccc(F)cc1F. The van der Waals surface area contributed by atoms with Gasteiger partial charge in [-0.25, -0.2) is 8.78 Å². The molecule has 21 heavy (non-hydrogen) atoms. The molecule has 0 saturated carbocycles. The number of methoxy groups -OCH3 is 1. The van der Waals surface area contributed by atoms with Crippen LogP contribution in [0.25, 0.3) is 11.1 Å². The Morgan fingerprint density at radius 1 is 1.05 bits per heavy atom. The Hall–Kier alpha value is -1.94. The van der Waals surface area contributed by atoms with E-state index in [0.717, 1.165) is 35.9 Å². The molecule has 2 aromatic rings. The average Bonchev–Trinajstić information content (AvgIpc) is 2.48. The van der Waals surface area contributed by atoms with Gasteiger partial charge in [0.1, 0.15) is 17.4 Å². The standard InChI is InChI=1S/C17H19F2NO/c1-3-8-20-11-12-9-14(21-2)5-7-15(12)16-6-4-13(18)10-17(16)19/h4-7,9-10,20H,3,8,11H2,1-2H3. The molecule has 112 valence electrons. The van der Waals surface area contributed by atoms with Gasteiger partial charge in [0.25, 0.3) is 0 Å². The molecule has 0 bridgehead atoms. The molecule has 0 aliphatic heterocycles. The number of hydrogen-bond acceptors (Lipinski definition) is 2. The molecule has 0 atom stereocenters. The maximum Gasteiger partial charge on any atom is 0.133 e. The van der Waals surface area contributed by atoms with Gasteiger partial charge in [-0.2, -0.15) is 0 Å². The molecule has 0 unspecified atom stereocenters. The molecule has 0 fully saturated rings. The summed E-state index contributed by atoms with van der Waals surface area (Å²) in [5.74, 6) is -0.415. The van der Waals surface area contributed by atoms with E-state index < -0.39 is 11.6 Å². The van der Waals surface area contributed by atoms with E-state index in [2.05, 4.69) is 12.2 Å². The first-order valence-electron chi connectivity index (χ1n) is 6.98. The number of ether oxygens (including phenoxy) is 1. The fraction of sp³-hybridized carbons (Fsp3) is 0.294. The lowest BCUT2D eigenvalue weighted by Crippen LogP contribution is -2.14. The molecule has 2 rings (SSSR count). The maximum atomic E-state index is 14.0. The molecular formula is C17H19F2NO. The van der Waals surface area contributed by atoms with Gasteiger partial charge in [0, 0.05) is 18.2 Å². The van der Waals surface area contributed by atoms with Crippen molar-refractivity contribution in [2.24, 2.45) is 0 Å². The van der Waals surface area contributed by atoms with Gasteiger partial charge in [-0.05, 0) is 48.4 Å². The minimum absolute atomic E-state index is 0.396. The van der Waals surface area contributed by atoms with Gasteiger partial charge < -0.3 is 10.1 Å². The van der Waals surface area contributed by atoms with Crippen molar-refractivity contribution >= 4 is 0 Å². The lowest BCUT2D eigenvalue weighted by Gasteiger charge is -2.13. The predicted molar refractivity (Wildman–Crippen MR) is 80.3 cm³/mol. The van der Waals surface area contributed by atoms with Gasteiger partial charge in [0.15, 0.2) is 0 Å². The van der Waals surface area contributed by atoms with Crippen molar-refractivity contribution in [2.45, 2.75) is 19.9 Å². The van der Waals surface area contributed by atoms with Gasteiger partial charge in [0.2, 0.25) is 0 Å². The van der Waals surface area contributed by atoms with E-state index in [1.165, 1.54) is 12.1 Å². The Kier molecular flexibility index (Phi) is 5.28. The van der Waals surface area contributed by atoms with Crippen LogP contribution < -0.4 is 10.1 Å². The van der Waals surface area contributed by atoms with Crippen molar-refractivity contribution in [3.8, 4) is 16.9 Å². The summed E-state index contributed by atoms with van der Waals surface area (Å²) in [5, 5.41) is 3.29. The van der Waals surface area contributed by atoms with E-state index in [-0.39, 0.29) is 0 Å².